The number of nitrogens with one attached hydrogen (secondary N) is 1. The average molecular weight is 435 g/mol. The van der Waals surface area contributed by atoms with Crippen LogP contribution in [0.4, 0.5) is 10.5 Å². The van der Waals surface area contributed by atoms with Crippen LogP contribution >= 0.6 is 11.6 Å². The second kappa shape index (κ2) is 8.93. The van der Waals surface area contributed by atoms with E-state index < -0.39 is 11.9 Å². The Bertz CT molecular complexity index is 1140. The zero-order valence-electron chi connectivity index (χ0n) is 16.7. The Balaban J connectivity index is 1.57. The SMILES string of the molecule is COc1ccc(/C=C2/NC(=O)N(c3ccc(Cl)cc3)C2=O)cc1OCc1ccccc1. The molecule has 0 bridgehead atoms. The van der Waals surface area contributed by atoms with Gasteiger partial charge >= 0.3 is 6.03 Å². The van der Waals surface area contributed by atoms with E-state index in [2.05, 4.69) is 5.32 Å². The van der Waals surface area contributed by atoms with E-state index in [4.69, 9.17) is 21.1 Å². The van der Waals surface area contributed by atoms with Crippen molar-refractivity contribution in [2.45, 2.75) is 6.61 Å². The quantitative estimate of drug-likeness (QED) is 0.436. The maximum Gasteiger partial charge on any atom is 0.333 e. The molecule has 3 amide bonds. The molecule has 4 rings (SSSR count). The lowest BCUT2D eigenvalue weighted by atomic mass is 10.1. The van der Waals surface area contributed by atoms with Crippen molar-refractivity contribution >= 4 is 35.3 Å². The van der Waals surface area contributed by atoms with Crippen LogP contribution < -0.4 is 19.7 Å². The highest BCUT2D eigenvalue weighted by molar-refractivity contribution is 6.31. The molecule has 1 heterocycles. The van der Waals surface area contributed by atoms with Gasteiger partial charge in [-0.2, -0.15) is 0 Å². The molecule has 0 atom stereocenters. The Labute approximate surface area is 184 Å². The number of imide groups is 1. The lowest BCUT2D eigenvalue weighted by Gasteiger charge is -2.12. The predicted octanol–water partition coefficient (Wildman–Crippen LogP) is 5.02. The van der Waals surface area contributed by atoms with Crippen molar-refractivity contribution in [2.24, 2.45) is 0 Å². The number of carbonyl (C=O) groups is 2. The smallest absolute Gasteiger partial charge is 0.333 e. The Kier molecular flexibility index (Phi) is 5.91. The summed E-state index contributed by atoms with van der Waals surface area (Å²) in [7, 11) is 1.56. The summed E-state index contributed by atoms with van der Waals surface area (Å²) in [5.74, 6) is 0.657. The largest absolute Gasteiger partial charge is 0.493 e. The third-order valence-electron chi connectivity index (χ3n) is 4.70. The van der Waals surface area contributed by atoms with Gasteiger partial charge < -0.3 is 14.8 Å². The number of halogens is 1. The second-order valence-electron chi connectivity index (χ2n) is 6.79. The van der Waals surface area contributed by atoms with Crippen molar-refractivity contribution in [2.75, 3.05) is 12.0 Å². The van der Waals surface area contributed by atoms with Crippen molar-refractivity contribution < 1.29 is 19.1 Å². The van der Waals surface area contributed by atoms with Crippen LogP contribution in [0.5, 0.6) is 11.5 Å². The Morgan fingerprint density at radius 1 is 0.968 bits per heavy atom. The lowest BCUT2D eigenvalue weighted by Crippen LogP contribution is -2.30. The van der Waals surface area contributed by atoms with Crippen LogP contribution in [0.3, 0.4) is 0 Å². The van der Waals surface area contributed by atoms with Crippen molar-refractivity contribution in [3.63, 3.8) is 0 Å². The number of carbonyl (C=O) groups excluding carboxylic acids is 2. The van der Waals surface area contributed by atoms with Crippen molar-refractivity contribution in [3.05, 3.63) is 94.6 Å². The fraction of sp³-hybridized carbons (Fsp3) is 0.0833. The number of rotatable bonds is 6. The normalized spacial score (nSPS) is 14.6. The first-order valence-electron chi connectivity index (χ1n) is 9.52. The zero-order chi connectivity index (χ0) is 21.8. The standard InChI is InChI=1S/C24H19ClN2O4/c1-30-21-12-7-17(14-22(21)31-15-16-5-3-2-4-6-16)13-20-23(28)27(24(29)26-20)19-10-8-18(25)9-11-19/h2-14H,15H2,1H3,(H,26,29)/b20-13+. The van der Waals surface area contributed by atoms with E-state index in [1.165, 1.54) is 0 Å². The lowest BCUT2D eigenvalue weighted by molar-refractivity contribution is -0.113. The molecular formula is C24H19ClN2O4. The summed E-state index contributed by atoms with van der Waals surface area (Å²) in [6.07, 6.45) is 1.60. The molecule has 156 valence electrons. The molecule has 1 N–H and O–H groups in total. The molecule has 0 unspecified atom stereocenters. The van der Waals surface area contributed by atoms with E-state index in [1.54, 1.807) is 55.7 Å². The third-order valence-corrected chi connectivity index (χ3v) is 4.95. The summed E-state index contributed by atoms with van der Waals surface area (Å²) < 4.78 is 11.3. The van der Waals surface area contributed by atoms with Crippen molar-refractivity contribution in [3.8, 4) is 11.5 Å². The van der Waals surface area contributed by atoms with Gasteiger partial charge in [0.15, 0.2) is 11.5 Å². The summed E-state index contributed by atoms with van der Waals surface area (Å²) in [6.45, 7) is 0.372. The molecule has 1 aliphatic heterocycles. The summed E-state index contributed by atoms with van der Waals surface area (Å²) in [5, 5.41) is 3.14. The van der Waals surface area contributed by atoms with Gasteiger partial charge in [-0.05, 0) is 53.6 Å². The van der Waals surface area contributed by atoms with Gasteiger partial charge in [0.1, 0.15) is 12.3 Å². The van der Waals surface area contributed by atoms with E-state index in [0.29, 0.717) is 34.4 Å². The van der Waals surface area contributed by atoms with Gasteiger partial charge in [0.05, 0.1) is 12.8 Å². The number of benzene rings is 3. The fourth-order valence-corrected chi connectivity index (χ4v) is 3.28. The molecule has 31 heavy (non-hydrogen) atoms. The maximum atomic E-state index is 12.8. The molecular weight excluding hydrogens is 416 g/mol. The number of anilines is 1. The van der Waals surface area contributed by atoms with Crippen LogP contribution in [0, 0.1) is 0 Å². The highest BCUT2D eigenvalue weighted by atomic mass is 35.5. The molecule has 0 aliphatic carbocycles. The van der Waals surface area contributed by atoms with Crippen molar-refractivity contribution in [1.82, 2.24) is 5.32 Å². The van der Waals surface area contributed by atoms with Crippen LogP contribution in [0.2, 0.25) is 5.02 Å². The molecule has 1 saturated heterocycles. The highest BCUT2D eigenvalue weighted by Crippen LogP contribution is 2.30. The molecule has 0 saturated carbocycles. The van der Waals surface area contributed by atoms with Crippen LogP contribution in [0.25, 0.3) is 6.08 Å². The number of hydrogen-bond donors (Lipinski definition) is 1. The molecule has 0 spiro atoms. The minimum Gasteiger partial charge on any atom is -0.493 e. The number of urea groups is 1. The Morgan fingerprint density at radius 2 is 1.71 bits per heavy atom. The first-order valence-corrected chi connectivity index (χ1v) is 9.90. The third kappa shape index (κ3) is 4.54. The van der Waals surface area contributed by atoms with Crippen LogP contribution in [-0.4, -0.2) is 19.0 Å². The fourth-order valence-electron chi connectivity index (χ4n) is 3.16. The first-order chi connectivity index (χ1) is 15.0. The molecule has 3 aromatic rings. The maximum absolute atomic E-state index is 12.8. The Morgan fingerprint density at radius 3 is 2.42 bits per heavy atom. The van der Waals surface area contributed by atoms with Gasteiger partial charge in [-0.25, -0.2) is 9.69 Å². The number of nitrogens with zero attached hydrogens (tertiary/aromatic N) is 1. The monoisotopic (exact) mass is 434 g/mol. The van der Waals surface area contributed by atoms with Crippen LogP contribution in [0.1, 0.15) is 11.1 Å². The molecule has 1 aliphatic rings. The van der Waals surface area contributed by atoms with Gasteiger partial charge in [-0.15, -0.1) is 0 Å². The number of amides is 3. The molecule has 0 aromatic heterocycles. The summed E-state index contributed by atoms with van der Waals surface area (Å²) >= 11 is 5.89. The van der Waals surface area contributed by atoms with E-state index in [1.807, 2.05) is 30.3 Å². The first kappa shape index (κ1) is 20.5. The molecule has 7 heteroatoms. The summed E-state index contributed by atoms with van der Waals surface area (Å²) in [6, 6.07) is 21.0. The molecule has 3 aromatic carbocycles. The second-order valence-corrected chi connectivity index (χ2v) is 7.23. The van der Waals surface area contributed by atoms with Crippen molar-refractivity contribution in [1.29, 1.82) is 0 Å². The average Bonchev–Trinajstić information content (AvgIpc) is 3.06. The van der Waals surface area contributed by atoms with Gasteiger partial charge in [0, 0.05) is 5.02 Å². The van der Waals surface area contributed by atoms with Crippen LogP contribution in [0.15, 0.2) is 78.5 Å². The van der Waals surface area contributed by atoms with E-state index >= 15 is 0 Å². The minimum absolute atomic E-state index is 0.166. The zero-order valence-corrected chi connectivity index (χ0v) is 17.4. The topological polar surface area (TPSA) is 67.9 Å². The number of hydrogen-bond acceptors (Lipinski definition) is 4. The van der Waals surface area contributed by atoms with E-state index in [9.17, 15) is 9.59 Å². The molecule has 0 radical (unpaired) electrons. The van der Waals surface area contributed by atoms with Crippen LogP contribution in [-0.2, 0) is 11.4 Å². The van der Waals surface area contributed by atoms with Gasteiger partial charge in [0.25, 0.3) is 5.91 Å². The Hall–Kier alpha value is -3.77. The molecule has 6 nitrogen and oxygen atoms in total. The predicted molar refractivity (Wildman–Crippen MR) is 119 cm³/mol. The van der Waals surface area contributed by atoms with Gasteiger partial charge in [0.2, 0.25) is 0 Å². The van der Waals surface area contributed by atoms with E-state index in [-0.39, 0.29) is 5.70 Å². The summed E-state index contributed by atoms with van der Waals surface area (Å²) in [5.41, 5.74) is 2.31. The summed E-state index contributed by atoms with van der Waals surface area (Å²) in [4.78, 5) is 26.3. The minimum atomic E-state index is -0.521. The molecule has 1 fully saturated rings. The van der Waals surface area contributed by atoms with Gasteiger partial charge in [-0.3, -0.25) is 4.79 Å². The number of ether oxygens (including phenoxy) is 2. The van der Waals surface area contributed by atoms with Gasteiger partial charge in [-0.1, -0.05) is 48.0 Å². The van der Waals surface area contributed by atoms with E-state index in [0.717, 1.165) is 10.5 Å². The highest BCUT2D eigenvalue weighted by Gasteiger charge is 2.34. The number of methoxy groups -OCH3 is 1.